The average molecular weight is 331 g/mol. The van der Waals surface area contributed by atoms with Gasteiger partial charge in [-0.15, -0.1) is 11.8 Å². The van der Waals surface area contributed by atoms with Crippen LogP contribution in [0.25, 0.3) is 11.2 Å². The number of nitrogens with zero attached hydrogens (tertiary/aromatic N) is 4. The molecule has 9 heteroatoms. The van der Waals surface area contributed by atoms with E-state index in [4.69, 9.17) is 0 Å². The van der Waals surface area contributed by atoms with Crippen LogP contribution in [-0.4, -0.2) is 57.3 Å². The van der Waals surface area contributed by atoms with Crippen LogP contribution >= 0.6 is 11.8 Å². The first-order chi connectivity index (χ1) is 11.3. The minimum Gasteiger partial charge on any atom is -0.347 e. The summed E-state index contributed by atoms with van der Waals surface area (Å²) in [6.45, 7) is 2.59. The van der Waals surface area contributed by atoms with Gasteiger partial charge >= 0.3 is 0 Å². The van der Waals surface area contributed by atoms with Crippen molar-refractivity contribution >= 4 is 34.7 Å². The number of imidazole rings is 1. The molecular weight excluding hydrogens is 314 g/mol. The van der Waals surface area contributed by atoms with Crippen LogP contribution in [0.15, 0.2) is 23.8 Å². The Balaban J connectivity index is 1.57. The molecule has 0 unspecified atom stereocenters. The van der Waals surface area contributed by atoms with E-state index in [0.717, 1.165) is 48.0 Å². The summed E-state index contributed by atoms with van der Waals surface area (Å²) < 4.78 is 0. The van der Waals surface area contributed by atoms with Gasteiger partial charge < -0.3 is 20.5 Å². The number of aromatic nitrogens is 4. The lowest BCUT2D eigenvalue weighted by atomic mass is 10.2. The summed E-state index contributed by atoms with van der Waals surface area (Å²) >= 11 is 1.58. The fourth-order valence-corrected chi connectivity index (χ4v) is 3.69. The highest BCUT2D eigenvalue weighted by molar-refractivity contribution is 8.04. The molecule has 2 aromatic heterocycles. The van der Waals surface area contributed by atoms with Crippen LogP contribution in [0.5, 0.6) is 0 Å². The Labute approximate surface area is 137 Å². The highest BCUT2D eigenvalue weighted by atomic mass is 32.2. The predicted octanol–water partition coefficient (Wildman–Crippen LogP) is 0.226. The normalized spacial score (nSPS) is 21.5. The van der Waals surface area contributed by atoms with Crippen LogP contribution in [-0.2, 0) is 4.79 Å². The molecule has 2 aliphatic heterocycles. The van der Waals surface area contributed by atoms with Crippen molar-refractivity contribution in [2.75, 3.05) is 30.3 Å². The maximum absolute atomic E-state index is 12.4. The molecule has 0 aliphatic carbocycles. The summed E-state index contributed by atoms with van der Waals surface area (Å²) in [4.78, 5) is 30.8. The van der Waals surface area contributed by atoms with Gasteiger partial charge in [0.1, 0.15) is 11.8 Å². The Morgan fingerprint density at radius 3 is 3.22 bits per heavy atom. The molecule has 8 nitrogen and oxygen atoms in total. The lowest BCUT2D eigenvalue weighted by molar-refractivity contribution is -0.117. The maximum atomic E-state index is 12.4. The lowest BCUT2D eigenvalue weighted by Gasteiger charge is -2.25. The topological polar surface area (TPSA) is 98.8 Å². The summed E-state index contributed by atoms with van der Waals surface area (Å²) in [5.41, 5.74) is 1.42. The molecule has 4 heterocycles. The second-order valence-electron chi connectivity index (χ2n) is 5.50. The van der Waals surface area contributed by atoms with E-state index < -0.39 is 0 Å². The molecule has 0 spiro atoms. The fourth-order valence-electron chi connectivity index (χ4n) is 2.79. The Kier molecular flexibility index (Phi) is 3.88. The van der Waals surface area contributed by atoms with Crippen molar-refractivity contribution in [3.05, 3.63) is 23.8 Å². The molecule has 1 saturated heterocycles. The van der Waals surface area contributed by atoms with Crippen LogP contribution < -0.4 is 15.5 Å². The molecule has 120 valence electrons. The summed E-state index contributed by atoms with van der Waals surface area (Å²) in [6.07, 6.45) is 5.95. The van der Waals surface area contributed by atoms with Gasteiger partial charge in [0.2, 0.25) is 0 Å². The average Bonchev–Trinajstić information content (AvgIpc) is 3.25. The van der Waals surface area contributed by atoms with Gasteiger partial charge in [-0.3, -0.25) is 4.79 Å². The first kappa shape index (κ1) is 14.5. The van der Waals surface area contributed by atoms with Gasteiger partial charge in [0.25, 0.3) is 5.91 Å². The molecule has 0 saturated carbocycles. The minimum atomic E-state index is -0.0108. The number of H-pyrrole nitrogens is 1. The van der Waals surface area contributed by atoms with E-state index in [1.165, 1.54) is 6.33 Å². The summed E-state index contributed by atoms with van der Waals surface area (Å²) in [7, 11) is 0. The van der Waals surface area contributed by atoms with E-state index >= 15 is 0 Å². The van der Waals surface area contributed by atoms with Crippen LogP contribution in [0.4, 0.5) is 5.82 Å². The molecule has 3 N–H and O–H groups in total. The van der Waals surface area contributed by atoms with Crippen molar-refractivity contribution in [1.82, 2.24) is 30.6 Å². The molecule has 1 atom stereocenters. The number of anilines is 1. The monoisotopic (exact) mass is 331 g/mol. The van der Waals surface area contributed by atoms with Gasteiger partial charge in [0.05, 0.1) is 11.2 Å². The molecule has 0 bridgehead atoms. The van der Waals surface area contributed by atoms with Crippen molar-refractivity contribution in [3.63, 3.8) is 0 Å². The van der Waals surface area contributed by atoms with Gasteiger partial charge in [-0.05, 0) is 13.0 Å². The molecule has 1 fully saturated rings. The second kappa shape index (κ2) is 6.17. The molecule has 4 rings (SSSR count). The zero-order valence-corrected chi connectivity index (χ0v) is 13.3. The molecule has 23 heavy (non-hydrogen) atoms. The zero-order chi connectivity index (χ0) is 15.6. The molecular formula is C14H17N7OS. The van der Waals surface area contributed by atoms with Crippen molar-refractivity contribution < 1.29 is 4.79 Å². The van der Waals surface area contributed by atoms with E-state index in [-0.39, 0.29) is 11.9 Å². The third-order valence-corrected chi connectivity index (χ3v) is 4.95. The van der Waals surface area contributed by atoms with Crippen LogP contribution in [0.2, 0.25) is 0 Å². The Hall–Kier alpha value is -2.13. The van der Waals surface area contributed by atoms with E-state index in [9.17, 15) is 4.79 Å². The number of hydrogen-bond donors (Lipinski definition) is 3. The molecule has 2 aromatic rings. The number of aromatic amines is 1. The molecule has 0 aromatic carbocycles. The summed E-state index contributed by atoms with van der Waals surface area (Å²) in [5, 5.41) is 6.34. The third-order valence-electron chi connectivity index (χ3n) is 3.96. The van der Waals surface area contributed by atoms with Gasteiger partial charge in [0.15, 0.2) is 11.5 Å². The van der Waals surface area contributed by atoms with Crippen molar-refractivity contribution in [2.45, 2.75) is 12.5 Å². The number of rotatable bonds is 3. The summed E-state index contributed by atoms with van der Waals surface area (Å²) in [5.74, 6) is 1.57. The van der Waals surface area contributed by atoms with Crippen molar-refractivity contribution in [1.29, 1.82) is 0 Å². The predicted molar refractivity (Wildman–Crippen MR) is 89.0 cm³/mol. The SMILES string of the molecule is O=C(N[C@@H]1CCNC1)C1=CN(c2ncnc3nc[nH]c23)CCS1. The quantitative estimate of drug-likeness (QED) is 0.740. The highest BCUT2D eigenvalue weighted by Crippen LogP contribution is 2.28. The van der Waals surface area contributed by atoms with Crippen molar-refractivity contribution in [3.8, 4) is 0 Å². The van der Waals surface area contributed by atoms with Crippen LogP contribution in [0.3, 0.4) is 0 Å². The Morgan fingerprint density at radius 1 is 1.39 bits per heavy atom. The van der Waals surface area contributed by atoms with E-state index in [0.29, 0.717) is 5.65 Å². The number of hydrogen-bond acceptors (Lipinski definition) is 7. The number of fused-ring (bicyclic) bond motifs is 1. The number of thioether (sulfide) groups is 1. The fraction of sp³-hybridized carbons (Fsp3) is 0.429. The Bertz CT molecular complexity index is 752. The van der Waals surface area contributed by atoms with Gasteiger partial charge in [0, 0.05) is 31.1 Å². The van der Waals surface area contributed by atoms with E-state index in [1.54, 1.807) is 18.1 Å². The smallest absolute Gasteiger partial charge is 0.259 e. The van der Waals surface area contributed by atoms with Crippen LogP contribution in [0, 0.1) is 0 Å². The largest absolute Gasteiger partial charge is 0.347 e. The first-order valence-electron chi connectivity index (χ1n) is 7.58. The van der Waals surface area contributed by atoms with E-state index in [1.807, 2.05) is 11.1 Å². The van der Waals surface area contributed by atoms with E-state index in [2.05, 4.69) is 30.6 Å². The van der Waals surface area contributed by atoms with Gasteiger partial charge in [-0.25, -0.2) is 15.0 Å². The third kappa shape index (κ3) is 2.89. The van der Waals surface area contributed by atoms with Gasteiger partial charge in [-0.1, -0.05) is 0 Å². The lowest BCUT2D eigenvalue weighted by Crippen LogP contribution is -2.38. The molecule has 1 amide bonds. The number of nitrogens with one attached hydrogen (secondary N) is 3. The standard InChI is InChI=1S/C14H17N7OS/c22-14(20-9-1-2-15-5-9)10-6-21(3-4-23-10)13-11-12(17-7-16-11)18-8-19-13/h6-9,15H,1-5H2,(H,20,22)(H,16,17,18,19)/t9-/m1/s1. The molecule has 2 aliphatic rings. The first-order valence-corrected chi connectivity index (χ1v) is 8.57. The highest BCUT2D eigenvalue weighted by Gasteiger charge is 2.23. The van der Waals surface area contributed by atoms with Crippen molar-refractivity contribution in [2.24, 2.45) is 0 Å². The minimum absolute atomic E-state index is 0.0108. The maximum Gasteiger partial charge on any atom is 0.259 e. The van der Waals surface area contributed by atoms with Crippen LogP contribution in [0.1, 0.15) is 6.42 Å². The molecule has 0 radical (unpaired) electrons. The zero-order valence-electron chi connectivity index (χ0n) is 12.5. The number of carbonyl (C=O) groups excluding carboxylic acids is 1. The van der Waals surface area contributed by atoms with Gasteiger partial charge in [-0.2, -0.15) is 0 Å². The summed E-state index contributed by atoms with van der Waals surface area (Å²) in [6, 6.07) is 0.220. The number of amides is 1. The number of carbonyl (C=O) groups is 1. The Morgan fingerprint density at radius 2 is 2.35 bits per heavy atom. The second-order valence-corrected chi connectivity index (χ2v) is 6.63.